The van der Waals surface area contributed by atoms with Gasteiger partial charge >= 0.3 is 5.97 Å². The molecule has 0 fully saturated rings. The van der Waals surface area contributed by atoms with Gasteiger partial charge in [-0.05, 0) is 36.0 Å². The molecule has 1 atom stereocenters. The number of aliphatic carboxylic acids is 1. The largest absolute Gasteiger partial charge is 0.492 e. The molecule has 1 aliphatic rings. The maximum absolute atomic E-state index is 11.2. The van der Waals surface area contributed by atoms with Crippen molar-refractivity contribution in [3.63, 3.8) is 0 Å². The van der Waals surface area contributed by atoms with Crippen LogP contribution in [0.4, 0.5) is 0 Å². The van der Waals surface area contributed by atoms with E-state index < -0.39 is 11.4 Å². The Labute approximate surface area is 108 Å². The average molecular weight is 248 g/mol. The van der Waals surface area contributed by atoms with E-state index in [0.29, 0.717) is 6.42 Å². The number of fused-ring (bicyclic) bond motifs is 1. The topological polar surface area (TPSA) is 46.5 Å². The number of hydrogen-bond acceptors (Lipinski definition) is 2. The molecule has 0 saturated carbocycles. The van der Waals surface area contributed by atoms with Crippen molar-refractivity contribution in [1.82, 2.24) is 0 Å². The lowest BCUT2D eigenvalue weighted by Gasteiger charge is -2.32. The number of carbonyl (C=O) groups is 1. The van der Waals surface area contributed by atoms with E-state index in [0.717, 1.165) is 11.3 Å². The highest BCUT2D eigenvalue weighted by Crippen LogP contribution is 2.37. The summed E-state index contributed by atoms with van der Waals surface area (Å²) in [5, 5.41) is 9.23. The van der Waals surface area contributed by atoms with Crippen molar-refractivity contribution >= 4 is 5.97 Å². The smallest absolute Gasteiger partial charge is 0.313 e. The van der Waals surface area contributed by atoms with Gasteiger partial charge in [0.05, 0.1) is 0 Å². The van der Waals surface area contributed by atoms with E-state index in [2.05, 4.69) is 26.8 Å². The Hall–Kier alpha value is -1.51. The molecule has 1 N–H and O–H groups in total. The Morgan fingerprint density at radius 3 is 2.61 bits per heavy atom. The zero-order valence-corrected chi connectivity index (χ0v) is 11.4. The van der Waals surface area contributed by atoms with Gasteiger partial charge in [-0.2, -0.15) is 0 Å². The van der Waals surface area contributed by atoms with E-state index >= 15 is 0 Å². The van der Waals surface area contributed by atoms with Crippen molar-refractivity contribution in [2.75, 3.05) is 6.61 Å². The molecule has 0 saturated heterocycles. The fourth-order valence-corrected chi connectivity index (χ4v) is 2.15. The number of hydrogen-bond donors (Lipinski definition) is 1. The second-order valence-corrected chi connectivity index (χ2v) is 6.40. The van der Waals surface area contributed by atoms with Gasteiger partial charge in [-0.3, -0.25) is 4.79 Å². The lowest BCUT2D eigenvalue weighted by Crippen LogP contribution is -2.39. The Kier molecular flexibility index (Phi) is 2.88. The number of benzene rings is 1. The number of carboxylic acids is 1. The molecule has 0 aliphatic carbocycles. The van der Waals surface area contributed by atoms with E-state index in [4.69, 9.17) is 4.74 Å². The highest BCUT2D eigenvalue weighted by Gasteiger charge is 2.38. The van der Waals surface area contributed by atoms with E-state index in [1.165, 1.54) is 5.56 Å². The molecule has 0 bridgehead atoms. The third-order valence-corrected chi connectivity index (χ3v) is 3.58. The van der Waals surface area contributed by atoms with Gasteiger partial charge < -0.3 is 9.84 Å². The van der Waals surface area contributed by atoms with Crippen molar-refractivity contribution in [3.8, 4) is 5.75 Å². The summed E-state index contributed by atoms with van der Waals surface area (Å²) in [7, 11) is 0. The third-order valence-electron chi connectivity index (χ3n) is 3.58. The van der Waals surface area contributed by atoms with Crippen molar-refractivity contribution < 1.29 is 14.6 Å². The molecular weight excluding hydrogens is 228 g/mol. The standard InChI is InChI=1S/C15H20O3/c1-14(2,3)11-6-5-10-8-15(4,13(16)17)9-18-12(10)7-11/h5-7H,8-9H2,1-4H3,(H,16,17). The van der Waals surface area contributed by atoms with Crippen LogP contribution in [0.15, 0.2) is 18.2 Å². The molecule has 0 radical (unpaired) electrons. The summed E-state index contributed by atoms with van der Waals surface area (Å²) in [6.07, 6.45) is 0.530. The minimum atomic E-state index is -0.809. The van der Waals surface area contributed by atoms with Gasteiger partial charge in [0.2, 0.25) is 0 Å². The second kappa shape index (κ2) is 4.01. The van der Waals surface area contributed by atoms with Crippen LogP contribution >= 0.6 is 0 Å². The predicted octanol–water partition coefficient (Wildman–Crippen LogP) is 3.01. The molecule has 0 aromatic heterocycles. The van der Waals surface area contributed by atoms with E-state index in [1.807, 2.05) is 12.1 Å². The molecule has 0 amide bonds. The lowest BCUT2D eigenvalue weighted by molar-refractivity contribution is -0.150. The number of carboxylic acid groups (broad SMARTS) is 1. The fourth-order valence-electron chi connectivity index (χ4n) is 2.15. The molecule has 3 heteroatoms. The van der Waals surface area contributed by atoms with Crippen molar-refractivity contribution in [1.29, 1.82) is 0 Å². The first-order chi connectivity index (χ1) is 8.22. The molecule has 18 heavy (non-hydrogen) atoms. The SMILES string of the molecule is CC1(C(=O)O)COc2cc(C(C)(C)C)ccc2C1. The quantitative estimate of drug-likeness (QED) is 0.831. The Morgan fingerprint density at radius 1 is 1.39 bits per heavy atom. The molecule has 0 spiro atoms. The van der Waals surface area contributed by atoms with Crippen LogP contribution in [0.3, 0.4) is 0 Å². The molecular formula is C15H20O3. The molecule has 1 unspecified atom stereocenters. The minimum absolute atomic E-state index is 0.0753. The summed E-state index contributed by atoms with van der Waals surface area (Å²) in [5.41, 5.74) is 1.46. The summed E-state index contributed by atoms with van der Waals surface area (Å²) in [4.78, 5) is 11.2. The van der Waals surface area contributed by atoms with Gasteiger partial charge in [-0.1, -0.05) is 32.9 Å². The molecule has 2 rings (SSSR count). The van der Waals surface area contributed by atoms with Gasteiger partial charge in [-0.25, -0.2) is 0 Å². The first-order valence-electron chi connectivity index (χ1n) is 6.22. The van der Waals surface area contributed by atoms with E-state index in [1.54, 1.807) is 6.92 Å². The normalized spacial score (nSPS) is 23.1. The summed E-state index contributed by atoms with van der Waals surface area (Å²) in [5.74, 6) is 0.0363. The zero-order chi connectivity index (χ0) is 13.6. The molecule has 1 heterocycles. The lowest BCUT2D eigenvalue weighted by atomic mass is 9.80. The summed E-state index contributed by atoms with van der Waals surface area (Å²) < 4.78 is 5.66. The first kappa shape index (κ1) is 12.9. The van der Waals surface area contributed by atoms with Gasteiger partial charge in [0, 0.05) is 0 Å². The van der Waals surface area contributed by atoms with Gasteiger partial charge in [-0.15, -0.1) is 0 Å². The Balaban J connectivity index is 2.35. The number of rotatable bonds is 1. The Bertz CT molecular complexity index is 485. The first-order valence-corrected chi connectivity index (χ1v) is 6.22. The van der Waals surface area contributed by atoms with Gasteiger partial charge in [0.15, 0.2) is 0 Å². The average Bonchev–Trinajstić information content (AvgIpc) is 2.26. The summed E-state index contributed by atoms with van der Waals surface area (Å²) >= 11 is 0. The van der Waals surface area contributed by atoms with Crippen LogP contribution in [0.5, 0.6) is 5.75 Å². The maximum atomic E-state index is 11.2. The van der Waals surface area contributed by atoms with Crippen LogP contribution in [0.2, 0.25) is 0 Å². The van der Waals surface area contributed by atoms with Crippen molar-refractivity contribution in [2.45, 2.75) is 39.5 Å². The van der Waals surface area contributed by atoms with Gasteiger partial charge in [0.1, 0.15) is 17.8 Å². The van der Waals surface area contributed by atoms with E-state index in [-0.39, 0.29) is 12.0 Å². The second-order valence-electron chi connectivity index (χ2n) is 6.40. The van der Waals surface area contributed by atoms with Crippen LogP contribution in [0.25, 0.3) is 0 Å². The van der Waals surface area contributed by atoms with Crippen LogP contribution in [0.1, 0.15) is 38.8 Å². The monoisotopic (exact) mass is 248 g/mol. The highest BCUT2D eigenvalue weighted by molar-refractivity contribution is 5.75. The molecule has 1 aromatic carbocycles. The number of ether oxygens (including phenoxy) is 1. The van der Waals surface area contributed by atoms with Crippen LogP contribution in [-0.2, 0) is 16.6 Å². The Morgan fingerprint density at radius 2 is 2.06 bits per heavy atom. The molecule has 1 aromatic rings. The van der Waals surface area contributed by atoms with Gasteiger partial charge in [0.25, 0.3) is 0 Å². The van der Waals surface area contributed by atoms with Crippen molar-refractivity contribution in [2.24, 2.45) is 5.41 Å². The molecule has 98 valence electrons. The van der Waals surface area contributed by atoms with Crippen LogP contribution in [0, 0.1) is 5.41 Å². The summed E-state index contributed by atoms with van der Waals surface area (Å²) in [6, 6.07) is 6.10. The fraction of sp³-hybridized carbons (Fsp3) is 0.533. The van der Waals surface area contributed by atoms with Crippen molar-refractivity contribution in [3.05, 3.63) is 29.3 Å². The van der Waals surface area contributed by atoms with E-state index in [9.17, 15) is 9.90 Å². The highest BCUT2D eigenvalue weighted by atomic mass is 16.5. The zero-order valence-electron chi connectivity index (χ0n) is 11.4. The predicted molar refractivity (Wildman–Crippen MR) is 70.1 cm³/mol. The van der Waals surface area contributed by atoms with Crippen LogP contribution in [-0.4, -0.2) is 17.7 Å². The maximum Gasteiger partial charge on any atom is 0.313 e. The summed E-state index contributed by atoms with van der Waals surface area (Å²) in [6.45, 7) is 8.43. The van der Waals surface area contributed by atoms with Crippen LogP contribution < -0.4 is 4.74 Å². The molecule has 1 aliphatic heterocycles. The third kappa shape index (κ3) is 2.22. The minimum Gasteiger partial charge on any atom is -0.492 e. The molecule has 3 nitrogen and oxygen atoms in total.